The third kappa shape index (κ3) is 2.27. The highest BCUT2D eigenvalue weighted by molar-refractivity contribution is 9.10. The van der Waals surface area contributed by atoms with Gasteiger partial charge < -0.3 is 4.90 Å². The first-order valence-corrected chi connectivity index (χ1v) is 8.38. The molecule has 0 fully saturated rings. The van der Waals surface area contributed by atoms with Crippen LogP contribution in [0.2, 0.25) is 5.28 Å². The van der Waals surface area contributed by atoms with Gasteiger partial charge >= 0.3 is 0 Å². The number of aryl methyl sites for hydroxylation is 1. The van der Waals surface area contributed by atoms with Crippen molar-refractivity contribution in [3.05, 3.63) is 57.8 Å². The zero-order valence-corrected chi connectivity index (χ0v) is 14.1. The highest BCUT2D eigenvalue weighted by atomic mass is 79.9. The molecule has 5 heteroatoms. The van der Waals surface area contributed by atoms with E-state index in [1.54, 1.807) is 0 Å². The largest absolute Gasteiger partial charge is 0.325 e. The summed E-state index contributed by atoms with van der Waals surface area (Å²) in [6.45, 7) is 0.931. The van der Waals surface area contributed by atoms with Crippen LogP contribution in [0.3, 0.4) is 0 Å². The second kappa shape index (κ2) is 5.52. The molecule has 0 saturated carbocycles. The molecule has 0 aliphatic carbocycles. The summed E-state index contributed by atoms with van der Waals surface area (Å²) >= 11 is 9.79. The third-order valence-corrected chi connectivity index (χ3v) is 4.82. The van der Waals surface area contributed by atoms with Gasteiger partial charge in [0, 0.05) is 16.7 Å². The Morgan fingerprint density at radius 2 is 1.91 bits per heavy atom. The standard InChI is InChI=1S/C17H13BrClN3/c18-12-7-3-8-13-15(12)16(21-17(19)20-13)22-10-4-6-11-5-1-2-9-14(11)22/h1-3,5,7-9H,4,6,10H2. The normalized spacial score (nSPS) is 14.2. The van der Waals surface area contributed by atoms with E-state index in [0.717, 1.165) is 40.6 Å². The molecule has 3 aromatic rings. The second-order valence-electron chi connectivity index (χ2n) is 5.33. The zero-order chi connectivity index (χ0) is 15.1. The number of anilines is 2. The van der Waals surface area contributed by atoms with Crippen molar-refractivity contribution in [1.29, 1.82) is 0 Å². The van der Waals surface area contributed by atoms with E-state index in [-0.39, 0.29) is 5.28 Å². The highest BCUT2D eigenvalue weighted by Crippen LogP contribution is 2.38. The number of aromatic nitrogens is 2. The predicted octanol–water partition coefficient (Wildman–Crippen LogP) is 5.13. The van der Waals surface area contributed by atoms with Crippen LogP contribution in [0.5, 0.6) is 0 Å². The van der Waals surface area contributed by atoms with E-state index < -0.39 is 0 Å². The molecule has 3 nitrogen and oxygen atoms in total. The smallest absolute Gasteiger partial charge is 0.224 e. The maximum absolute atomic E-state index is 6.16. The molecule has 0 bridgehead atoms. The Bertz CT molecular complexity index is 866. The lowest BCUT2D eigenvalue weighted by atomic mass is 10.0. The maximum Gasteiger partial charge on any atom is 0.224 e. The fraction of sp³-hybridized carbons (Fsp3) is 0.176. The van der Waals surface area contributed by atoms with Gasteiger partial charge in [-0.15, -0.1) is 0 Å². The number of nitrogens with zero attached hydrogens (tertiary/aromatic N) is 3. The van der Waals surface area contributed by atoms with Crippen LogP contribution >= 0.6 is 27.5 Å². The van der Waals surface area contributed by atoms with Crippen LogP contribution in [0.15, 0.2) is 46.9 Å². The van der Waals surface area contributed by atoms with Gasteiger partial charge in [0.15, 0.2) is 0 Å². The number of hydrogen-bond acceptors (Lipinski definition) is 3. The molecule has 1 aliphatic rings. The molecular formula is C17H13BrClN3. The summed E-state index contributed by atoms with van der Waals surface area (Å²) in [6, 6.07) is 14.4. The van der Waals surface area contributed by atoms with Crippen molar-refractivity contribution in [1.82, 2.24) is 9.97 Å². The minimum absolute atomic E-state index is 0.281. The number of hydrogen-bond donors (Lipinski definition) is 0. The van der Waals surface area contributed by atoms with Crippen molar-refractivity contribution >= 4 is 49.9 Å². The van der Waals surface area contributed by atoms with Gasteiger partial charge in [0.1, 0.15) is 5.82 Å². The Hall–Kier alpha value is -1.65. The Balaban J connectivity index is 1.99. The van der Waals surface area contributed by atoms with Crippen molar-refractivity contribution in [2.24, 2.45) is 0 Å². The van der Waals surface area contributed by atoms with E-state index in [0.29, 0.717) is 0 Å². The summed E-state index contributed by atoms with van der Waals surface area (Å²) in [4.78, 5) is 11.1. The highest BCUT2D eigenvalue weighted by Gasteiger charge is 2.22. The van der Waals surface area contributed by atoms with Gasteiger partial charge in [-0.25, -0.2) is 4.98 Å². The summed E-state index contributed by atoms with van der Waals surface area (Å²) in [5.41, 5.74) is 3.41. The first kappa shape index (κ1) is 14.0. The molecule has 110 valence electrons. The van der Waals surface area contributed by atoms with Crippen LogP contribution < -0.4 is 4.90 Å². The number of para-hydroxylation sites is 1. The molecule has 4 rings (SSSR count). The van der Waals surface area contributed by atoms with Gasteiger partial charge in [-0.3, -0.25) is 0 Å². The molecule has 0 unspecified atom stereocenters. The zero-order valence-electron chi connectivity index (χ0n) is 11.8. The summed E-state index contributed by atoms with van der Waals surface area (Å²) in [5, 5.41) is 1.28. The van der Waals surface area contributed by atoms with Crippen LogP contribution in [-0.2, 0) is 6.42 Å². The Morgan fingerprint density at radius 1 is 1.05 bits per heavy atom. The van der Waals surface area contributed by atoms with Crippen molar-refractivity contribution in [2.45, 2.75) is 12.8 Å². The van der Waals surface area contributed by atoms with E-state index in [9.17, 15) is 0 Å². The predicted molar refractivity (Wildman–Crippen MR) is 94.0 cm³/mol. The summed E-state index contributed by atoms with van der Waals surface area (Å²) in [6.07, 6.45) is 2.20. The van der Waals surface area contributed by atoms with E-state index >= 15 is 0 Å². The van der Waals surface area contributed by atoms with Gasteiger partial charge in [-0.1, -0.05) is 24.3 Å². The molecular weight excluding hydrogens is 362 g/mol. The molecule has 0 N–H and O–H groups in total. The molecule has 2 aromatic carbocycles. The second-order valence-corrected chi connectivity index (χ2v) is 6.53. The SMILES string of the molecule is Clc1nc(N2CCCc3ccccc32)c2c(Br)cccc2n1. The van der Waals surface area contributed by atoms with Crippen LogP contribution in [0.4, 0.5) is 11.5 Å². The fourth-order valence-electron chi connectivity index (χ4n) is 3.04. The van der Waals surface area contributed by atoms with E-state index in [1.165, 1.54) is 11.3 Å². The minimum atomic E-state index is 0.281. The first-order chi connectivity index (χ1) is 10.7. The fourth-order valence-corrected chi connectivity index (χ4v) is 3.75. The molecule has 1 aliphatic heterocycles. The molecule has 0 saturated heterocycles. The molecule has 1 aromatic heterocycles. The van der Waals surface area contributed by atoms with Crippen molar-refractivity contribution in [2.75, 3.05) is 11.4 Å². The number of rotatable bonds is 1. The number of halogens is 2. The summed E-state index contributed by atoms with van der Waals surface area (Å²) in [5.74, 6) is 0.870. The van der Waals surface area contributed by atoms with Crippen molar-refractivity contribution < 1.29 is 0 Å². The van der Waals surface area contributed by atoms with E-state index in [1.807, 2.05) is 18.2 Å². The Morgan fingerprint density at radius 3 is 2.82 bits per heavy atom. The lowest BCUT2D eigenvalue weighted by Crippen LogP contribution is -2.25. The molecule has 0 atom stereocenters. The maximum atomic E-state index is 6.16. The quantitative estimate of drug-likeness (QED) is 0.553. The van der Waals surface area contributed by atoms with Gasteiger partial charge in [-0.05, 0) is 64.1 Å². The average molecular weight is 375 g/mol. The average Bonchev–Trinajstić information content (AvgIpc) is 2.53. The van der Waals surface area contributed by atoms with E-state index in [4.69, 9.17) is 11.6 Å². The van der Waals surface area contributed by atoms with Gasteiger partial charge in [0.05, 0.1) is 10.9 Å². The Kier molecular flexibility index (Phi) is 3.51. The van der Waals surface area contributed by atoms with Crippen molar-refractivity contribution in [3.8, 4) is 0 Å². The lowest BCUT2D eigenvalue weighted by molar-refractivity contribution is 0.761. The Labute approximate surface area is 142 Å². The third-order valence-electron chi connectivity index (χ3n) is 3.99. The molecule has 0 radical (unpaired) electrons. The van der Waals surface area contributed by atoms with Gasteiger partial charge in [0.25, 0.3) is 0 Å². The van der Waals surface area contributed by atoms with Crippen LogP contribution in [0.25, 0.3) is 10.9 Å². The van der Waals surface area contributed by atoms with Crippen LogP contribution in [0, 0.1) is 0 Å². The summed E-state index contributed by atoms with van der Waals surface area (Å²) < 4.78 is 0.986. The van der Waals surface area contributed by atoms with Crippen LogP contribution in [-0.4, -0.2) is 16.5 Å². The first-order valence-electron chi connectivity index (χ1n) is 7.21. The minimum Gasteiger partial charge on any atom is -0.325 e. The molecule has 22 heavy (non-hydrogen) atoms. The molecule has 0 spiro atoms. The monoisotopic (exact) mass is 373 g/mol. The van der Waals surface area contributed by atoms with Crippen LogP contribution in [0.1, 0.15) is 12.0 Å². The molecule has 2 heterocycles. The topological polar surface area (TPSA) is 29.0 Å². The summed E-state index contributed by atoms with van der Waals surface area (Å²) in [7, 11) is 0. The van der Waals surface area contributed by atoms with E-state index in [2.05, 4.69) is 55.1 Å². The van der Waals surface area contributed by atoms with Gasteiger partial charge in [0.2, 0.25) is 5.28 Å². The van der Waals surface area contributed by atoms with Gasteiger partial charge in [-0.2, -0.15) is 4.98 Å². The lowest BCUT2D eigenvalue weighted by Gasteiger charge is -2.31. The number of fused-ring (bicyclic) bond motifs is 2. The van der Waals surface area contributed by atoms with Crippen molar-refractivity contribution in [3.63, 3.8) is 0 Å². The number of benzene rings is 2. The molecule has 0 amide bonds.